The minimum atomic E-state index is -0.402. The van der Waals surface area contributed by atoms with Gasteiger partial charge in [-0.25, -0.2) is 4.79 Å². The molecular weight excluding hydrogens is 356 g/mol. The quantitative estimate of drug-likeness (QED) is 0.626. The lowest BCUT2D eigenvalue weighted by Crippen LogP contribution is -2.40. The predicted octanol–water partition coefficient (Wildman–Crippen LogP) is 2.68. The Labute approximate surface area is 164 Å². The van der Waals surface area contributed by atoms with Gasteiger partial charge in [-0.2, -0.15) is 0 Å². The lowest BCUT2D eigenvalue weighted by Gasteiger charge is -2.31. The summed E-state index contributed by atoms with van der Waals surface area (Å²) in [4.78, 5) is 17.5. The van der Waals surface area contributed by atoms with Crippen molar-refractivity contribution in [2.45, 2.75) is 38.6 Å². The highest BCUT2D eigenvalue weighted by Gasteiger charge is 2.30. The summed E-state index contributed by atoms with van der Waals surface area (Å²) in [5.41, 5.74) is 1.34. The number of phenolic OH excluding ortho intramolecular Hbond substituents is 2. The number of benzene rings is 1. The molecule has 6 nitrogen and oxygen atoms in total. The number of aromatic hydroxyl groups is 2. The molecule has 2 saturated heterocycles. The first-order valence-electron chi connectivity index (χ1n) is 10.5. The van der Waals surface area contributed by atoms with Crippen LogP contribution in [0.3, 0.4) is 0 Å². The molecule has 0 spiro atoms. The van der Waals surface area contributed by atoms with Crippen molar-refractivity contribution in [2.24, 2.45) is 11.8 Å². The van der Waals surface area contributed by atoms with Gasteiger partial charge >= 0.3 is 5.63 Å². The second kappa shape index (κ2) is 7.08. The van der Waals surface area contributed by atoms with E-state index in [4.69, 9.17) is 4.42 Å². The fourth-order valence-corrected chi connectivity index (χ4v) is 5.42. The van der Waals surface area contributed by atoms with E-state index >= 15 is 0 Å². The number of hydrogen-bond acceptors (Lipinski definition) is 6. The maximum absolute atomic E-state index is 12.5. The maximum atomic E-state index is 12.5. The molecule has 3 fully saturated rings. The van der Waals surface area contributed by atoms with E-state index in [0.29, 0.717) is 12.1 Å². The topological polar surface area (TPSA) is 77.1 Å². The van der Waals surface area contributed by atoms with Crippen molar-refractivity contribution in [1.82, 2.24) is 9.80 Å². The third kappa shape index (κ3) is 3.18. The normalized spacial score (nSPS) is 25.7. The first-order valence-corrected chi connectivity index (χ1v) is 10.5. The van der Waals surface area contributed by atoms with Crippen LogP contribution in [0.2, 0.25) is 0 Å². The molecule has 1 aliphatic carbocycles. The number of phenols is 2. The van der Waals surface area contributed by atoms with Gasteiger partial charge in [0.05, 0.1) is 5.56 Å². The Morgan fingerprint density at radius 3 is 2.36 bits per heavy atom. The van der Waals surface area contributed by atoms with Crippen LogP contribution in [-0.4, -0.2) is 52.7 Å². The molecule has 0 unspecified atom stereocenters. The van der Waals surface area contributed by atoms with E-state index in [-0.39, 0.29) is 17.1 Å². The third-order valence-electron chi connectivity index (χ3n) is 7.03. The Hall–Kier alpha value is -2.05. The fourth-order valence-electron chi connectivity index (χ4n) is 5.42. The van der Waals surface area contributed by atoms with Gasteiger partial charge in [0.25, 0.3) is 0 Å². The molecule has 150 valence electrons. The molecule has 4 aliphatic rings. The summed E-state index contributed by atoms with van der Waals surface area (Å²) in [5.74, 6) is 1.14. The molecule has 1 saturated carbocycles. The highest BCUT2D eigenvalue weighted by molar-refractivity contribution is 5.88. The minimum absolute atomic E-state index is 0.0947. The Bertz CT molecular complexity index is 932. The Balaban J connectivity index is 1.32. The molecule has 3 aliphatic heterocycles. The van der Waals surface area contributed by atoms with Crippen molar-refractivity contribution in [2.75, 3.05) is 32.7 Å². The van der Waals surface area contributed by atoms with Crippen LogP contribution in [0.1, 0.15) is 36.8 Å². The average molecular weight is 384 g/mol. The van der Waals surface area contributed by atoms with E-state index in [0.717, 1.165) is 48.8 Å². The molecule has 2 N–H and O–H groups in total. The average Bonchev–Trinajstić information content (AvgIpc) is 3.03. The van der Waals surface area contributed by atoms with Crippen LogP contribution in [0.15, 0.2) is 21.3 Å². The van der Waals surface area contributed by atoms with Crippen LogP contribution in [-0.2, 0) is 13.0 Å². The van der Waals surface area contributed by atoms with Crippen molar-refractivity contribution >= 4 is 11.0 Å². The summed E-state index contributed by atoms with van der Waals surface area (Å²) in [6.45, 7) is 5.99. The molecular formula is C22H28N2O4. The van der Waals surface area contributed by atoms with Gasteiger partial charge in [-0.1, -0.05) is 0 Å². The smallest absolute Gasteiger partial charge is 0.341 e. The molecule has 28 heavy (non-hydrogen) atoms. The molecule has 1 aromatic carbocycles. The van der Waals surface area contributed by atoms with Gasteiger partial charge in [-0.05, 0) is 61.6 Å². The van der Waals surface area contributed by atoms with Crippen molar-refractivity contribution < 1.29 is 14.6 Å². The molecule has 0 atom stereocenters. The van der Waals surface area contributed by atoms with E-state index in [1.807, 2.05) is 0 Å². The number of hydrogen-bond donors (Lipinski definition) is 2. The standard InChI is InChI=1S/C22H28N2O4/c25-19-6-5-17-16-7-8-23(13-18(16)22(27)28-21(17)20(19)26)9-10-24-11-14-1-2-15(12-24)4-3-14/h5-6,14-15,25-26H,1-4,7-13H2. The van der Waals surface area contributed by atoms with Crippen LogP contribution >= 0.6 is 0 Å². The zero-order chi connectivity index (χ0) is 19.3. The number of fused-ring (bicyclic) bond motifs is 7. The van der Waals surface area contributed by atoms with Gasteiger partial charge < -0.3 is 19.5 Å². The van der Waals surface area contributed by atoms with Crippen LogP contribution in [0.5, 0.6) is 11.5 Å². The largest absolute Gasteiger partial charge is 0.504 e. The lowest BCUT2D eigenvalue weighted by molar-refractivity contribution is 0.182. The lowest BCUT2D eigenvalue weighted by atomic mass is 9.84. The number of rotatable bonds is 3. The highest BCUT2D eigenvalue weighted by atomic mass is 16.4. The third-order valence-corrected chi connectivity index (χ3v) is 7.03. The van der Waals surface area contributed by atoms with Crippen molar-refractivity contribution in [3.05, 3.63) is 33.7 Å². The Morgan fingerprint density at radius 2 is 1.64 bits per heavy atom. The molecule has 6 rings (SSSR count). The molecule has 4 heterocycles. The monoisotopic (exact) mass is 384 g/mol. The van der Waals surface area contributed by atoms with Gasteiger partial charge in [-0.3, -0.25) is 4.90 Å². The van der Waals surface area contributed by atoms with E-state index in [2.05, 4.69) is 9.80 Å². The second-order valence-corrected chi connectivity index (χ2v) is 8.83. The summed E-state index contributed by atoms with van der Waals surface area (Å²) in [6.07, 6.45) is 6.35. The van der Waals surface area contributed by atoms with E-state index in [9.17, 15) is 15.0 Å². The first-order chi connectivity index (χ1) is 13.6. The van der Waals surface area contributed by atoms with E-state index in [1.165, 1.54) is 44.8 Å². The highest BCUT2D eigenvalue weighted by Crippen LogP contribution is 2.36. The van der Waals surface area contributed by atoms with E-state index in [1.54, 1.807) is 6.07 Å². The molecule has 6 heteroatoms. The Kier molecular flexibility index (Phi) is 4.56. The van der Waals surface area contributed by atoms with Crippen LogP contribution in [0.4, 0.5) is 0 Å². The molecule has 2 aromatic rings. The van der Waals surface area contributed by atoms with Crippen molar-refractivity contribution in [3.8, 4) is 11.5 Å². The second-order valence-electron chi connectivity index (χ2n) is 8.83. The van der Waals surface area contributed by atoms with Crippen molar-refractivity contribution in [3.63, 3.8) is 0 Å². The first kappa shape index (κ1) is 18.0. The SMILES string of the molecule is O=c1oc2c(O)c(O)ccc2c2c1CN(CCN1CC3CCC(CC3)C1)CC2. The molecule has 1 aromatic heterocycles. The van der Waals surface area contributed by atoms with Crippen LogP contribution in [0.25, 0.3) is 11.0 Å². The van der Waals surface area contributed by atoms with Gasteiger partial charge in [-0.15, -0.1) is 0 Å². The zero-order valence-electron chi connectivity index (χ0n) is 16.2. The van der Waals surface area contributed by atoms with Crippen LogP contribution in [0, 0.1) is 11.8 Å². The molecule has 0 radical (unpaired) electrons. The van der Waals surface area contributed by atoms with Crippen molar-refractivity contribution in [1.29, 1.82) is 0 Å². The Morgan fingerprint density at radius 1 is 0.964 bits per heavy atom. The predicted molar refractivity (Wildman–Crippen MR) is 107 cm³/mol. The van der Waals surface area contributed by atoms with E-state index < -0.39 is 5.63 Å². The summed E-state index contributed by atoms with van der Waals surface area (Å²) < 4.78 is 5.36. The summed E-state index contributed by atoms with van der Waals surface area (Å²) in [7, 11) is 0. The van der Waals surface area contributed by atoms with Crippen LogP contribution < -0.4 is 5.63 Å². The van der Waals surface area contributed by atoms with Gasteiger partial charge in [0.1, 0.15) is 0 Å². The molecule has 2 bridgehead atoms. The summed E-state index contributed by atoms with van der Waals surface area (Å²) in [5, 5.41) is 20.5. The van der Waals surface area contributed by atoms with Gasteiger partial charge in [0.15, 0.2) is 11.3 Å². The fraction of sp³-hybridized carbons (Fsp3) is 0.591. The summed E-state index contributed by atoms with van der Waals surface area (Å²) in [6, 6.07) is 3.19. The van der Waals surface area contributed by atoms with Gasteiger partial charge in [0.2, 0.25) is 5.75 Å². The zero-order valence-corrected chi connectivity index (χ0v) is 16.2. The minimum Gasteiger partial charge on any atom is -0.504 e. The maximum Gasteiger partial charge on any atom is 0.341 e. The van der Waals surface area contributed by atoms with Gasteiger partial charge in [0, 0.05) is 44.7 Å². The molecule has 0 amide bonds. The number of nitrogens with zero attached hydrogens (tertiary/aromatic N) is 2. The summed E-state index contributed by atoms with van der Waals surface area (Å²) >= 11 is 0.